The smallest absolute Gasteiger partial charge is 0.192 e. The quantitative estimate of drug-likeness (QED) is 0.389. The van der Waals surface area contributed by atoms with Gasteiger partial charge >= 0.3 is 0 Å². The van der Waals surface area contributed by atoms with Crippen LogP contribution in [0.2, 0.25) is 0 Å². The zero-order valence-corrected chi connectivity index (χ0v) is 16.6. The molecule has 0 bridgehead atoms. The van der Waals surface area contributed by atoms with E-state index in [9.17, 15) is 10.1 Å². The van der Waals surface area contributed by atoms with Gasteiger partial charge in [0.15, 0.2) is 5.78 Å². The topological polar surface area (TPSA) is 50.1 Å². The van der Waals surface area contributed by atoms with Crippen molar-refractivity contribution in [2.45, 2.75) is 12.0 Å². The second-order valence-electron chi connectivity index (χ2n) is 6.89. The Kier molecular flexibility index (Phi) is 5.50. The molecular weight excluding hydrogens is 378 g/mol. The average molecular weight is 397 g/mol. The van der Waals surface area contributed by atoms with Crippen LogP contribution in [-0.2, 0) is 10.3 Å². The monoisotopic (exact) mass is 397 g/mol. The summed E-state index contributed by atoms with van der Waals surface area (Å²) < 4.78 is 6.57. The van der Waals surface area contributed by atoms with Crippen LogP contribution in [0.3, 0.4) is 0 Å². The summed E-state index contributed by atoms with van der Waals surface area (Å²) in [4.78, 5) is 13.4. The highest BCUT2D eigenvalue weighted by Gasteiger charge is 2.45. The third kappa shape index (κ3) is 3.83. The van der Waals surface area contributed by atoms with Crippen LogP contribution in [0.25, 0.3) is 5.76 Å². The molecule has 1 aliphatic rings. The molecule has 1 atom stereocenters. The first-order valence-electron chi connectivity index (χ1n) is 9.37. The van der Waals surface area contributed by atoms with Crippen LogP contribution in [0.4, 0.5) is 0 Å². The lowest BCUT2D eigenvalue weighted by molar-refractivity contribution is 0.0815. The van der Waals surface area contributed by atoms with E-state index < -0.39 is 5.60 Å². The summed E-state index contributed by atoms with van der Waals surface area (Å²) in [5.41, 5.74) is 2.35. The summed E-state index contributed by atoms with van der Waals surface area (Å²) in [5, 5.41) is 11.4. The number of rotatable bonds is 6. The van der Waals surface area contributed by atoms with Crippen LogP contribution in [-0.4, -0.2) is 11.5 Å². The predicted octanol–water partition coefficient (Wildman–Crippen LogP) is 5.81. The molecule has 4 heteroatoms. The molecule has 0 saturated carbocycles. The van der Waals surface area contributed by atoms with Crippen LogP contribution in [0.15, 0.2) is 96.6 Å². The molecule has 1 aliphatic heterocycles. The van der Waals surface area contributed by atoms with E-state index in [4.69, 9.17) is 4.74 Å². The van der Waals surface area contributed by atoms with E-state index in [-0.39, 0.29) is 5.78 Å². The van der Waals surface area contributed by atoms with Crippen LogP contribution >= 0.6 is 11.8 Å². The highest BCUT2D eigenvalue weighted by molar-refractivity contribution is 8.03. The highest BCUT2D eigenvalue weighted by atomic mass is 32.2. The zero-order valence-electron chi connectivity index (χ0n) is 15.7. The summed E-state index contributed by atoms with van der Waals surface area (Å²) in [7, 11) is 0. The molecule has 4 rings (SSSR count). The first-order chi connectivity index (χ1) is 14.2. The lowest BCUT2D eigenvalue weighted by Crippen LogP contribution is -2.29. The number of thiocyanates is 1. The minimum Gasteiger partial charge on any atom is -0.480 e. The molecule has 0 aromatic heterocycles. The Bertz CT molecular complexity index is 1070. The highest BCUT2D eigenvalue weighted by Crippen LogP contribution is 2.48. The van der Waals surface area contributed by atoms with Crippen molar-refractivity contribution >= 4 is 23.3 Å². The number of ketones is 1. The fraction of sp³-hybridized carbons (Fsp3) is 0.120. The minimum absolute atomic E-state index is 0.0378. The van der Waals surface area contributed by atoms with E-state index in [2.05, 4.69) is 5.40 Å². The average Bonchev–Trinajstić information content (AvgIpc) is 3.20. The number of hydrogen-bond donors (Lipinski definition) is 0. The Morgan fingerprint density at radius 2 is 1.52 bits per heavy atom. The number of Topliss-reactive ketones (excluding diaryl/α,β-unsaturated/α-hetero) is 1. The van der Waals surface area contributed by atoms with E-state index >= 15 is 0 Å². The Labute approximate surface area is 174 Å². The van der Waals surface area contributed by atoms with Crippen molar-refractivity contribution in [3.8, 4) is 5.40 Å². The van der Waals surface area contributed by atoms with Gasteiger partial charge in [-0.3, -0.25) is 4.79 Å². The molecule has 29 heavy (non-hydrogen) atoms. The second kappa shape index (κ2) is 8.38. The van der Waals surface area contributed by atoms with Gasteiger partial charge < -0.3 is 4.74 Å². The number of benzene rings is 3. The molecule has 3 aromatic rings. The van der Waals surface area contributed by atoms with Gasteiger partial charge in [-0.1, -0.05) is 91.0 Å². The number of nitriles is 1. The molecule has 0 saturated heterocycles. The van der Waals surface area contributed by atoms with Gasteiger partial charge in [0, 0.05) is 23.1 Å². The van der Waals surface area contributed by atoms with Crippen molar-refractivity contribution in [1.82, 2.24) is 0 Å². The maximum absolute atomic E-state index is 13.4. The third-order valence-corrected chi connectivity index (χ3v) is 5.79. The summed E-state index contributed by atoms with van der Waals surface area (Å²) in [5.74, 6) is 1.00. The van der Waals surface area contributed by atoms with Crippen LogP contribution in [0.5, 0.6) is 0 Å². The molecule has 3 nitrogen and oxygen atoms in total. The number of ether oxygens (including phenoxy) is 1. The minimum atomic E-state index is -0.757. The van der Waals surface area contributed by atoms with Crippen molar-refractivity contribution in [1.29, 1.82) is 5.26 Å². The number of nitrogens with zero attached hydrogens (tertiary/aromatic N) is 1. The standard InChI is InChI=1S/C25H19NO2S/c26-18-29-17-25(21-14-8-3-9-15-21)16-22(23(27)19-10-4-1-5-11-19)24(28-25)20-12-6-2-7-13-20/h1-15H,16-17H2. The molecule has 1 heterocycles. The molecule has 0 fully saturated rings. The molecule has 0 radical (unpaired) electrons. The van der Waals surface area contributed by atoms with E-state index in [0.29, 0.717) is 29.1 Å². The van der Waals surface area contributed by atoms with Crippen molar-refractivity contribution < 1.29 is 9.53 Å². The largest absolute Gasteiger partial charge is 0.480 e. The lowest BCUT2D eigenvalue weighted by Gasteiger charge is -2.29. The number of carbonyl (C=O) groups excluding carboxylic acids is 1. The SMILES string of the molecule is N#CSCC1(c2ccccc2)CC(C(=O)c2ccccc2)=C(c2ccccc2)O1. The molecule has 0 aliphatic carbocycles. The number of hydrogen-bond acceptors (Lipinski definition) is 4. The van der Waals surface area contributed by atoms with Crippen LogP contribution in [0.1, 0.15) is 27.9 Å². The van der Waals surface area contributed by atoms with Crippen molar-refractivity contribution in [3.63, 3.8) is 0 Å². The zero-order chi connectivity index (χ0) is 20.1. The molecule has 3 aromatic carbocycles. The van der Waals surface area contributed by atoms with Gasteiger partial charge in [0.2, 0.25) is 0 Å². The van der Waals surface area contributed by atoms with Gasteiger partial charge in [0.05, 0.1) is 5.75 Å². The summed E-state index contributed by atoms with van der Waals surface area (Å²) >= 11 is 1.15. The van der Waals surface area contributed by atoms with Crippen LogP contribution in [0, 0.1) is 10.7 Å². The first-order valence-corrected chi connectivity index (χ1v) is 10.4. The van der Waals surface area contributed by atoms with Crippen LogP contribution < -0.4 is 0 Å². The number of carbonyl (C=O) groups is 1. The van der Waals surface area contributed by atoms with Crippen molar-refractivity contribution in [2.75, 3.05) is 5.75 Å². The Morgan fingerprint density at radius 3 is 2.14 bits per heavy atom. The maximum atomic E-state index is 13.4. The van der Waals surface area contributed by atoms with E-state index in [1.165, 1.54) is 0 Å². The summed E-state index contributed by atoms with van der Waals surface area (Å²) in [6.07, 6.45) is 0.420. The first kappa shape index (κ1) is 19.0. The van der Waals surface area contributed by atoms with Gasteiger partial charge in [-0.15, -0.1) is 0 Å². The molecule has 1 unspecified atom stereocenters. The normalized spacial score (nSPS) is 18.2. The van der Waals surface area contributed by atoms with Gasteiger partial charge in [-0.05, 0) is 17.3 Å². The Balaban J connectivity index is 1.82. The molecule has 0 amide bonds. The molecule has 0 spiro atoms. The van der Waals surface area contributed by atoms with Crippen molar-refractivity contribution in [2.24, 2.45) is 0 Å². The summed E-state index contributed by atoms with van der Waals surface area (Å²) in [6, 6.07) is 28.8. The Morgan fingerprint density at radius 1 is 0.931 bits per heavy atom. The second-order valence-corrected chi connectivity index (χ2v) is 7.65. The fourth-order valence-corrected chi connectivity index (χ4v) is 4.27. The number of thioether (sulfide) groups is 1. The Hall–Kier alpha value is -3.29. The molecular formula is C25H19NO2S. The van der Waals surface area contributed by atoms with Gasteiger partial charge in [-0.25, -0.2) is 0 Å². The maximum Gasteiger partial charge on any atom is 0.192 e. The van der Waals surface area contributed by atoms with Crippen molar-refractivity contribution in [3.05, 3.63) is 113 Å². The third-order valence-electron chi connectivity index (χ3n) is 5.05. The van der Waals surface area contributed by atoms with E-state index in [0.717, 1.165) is 22.9 Å². The van der Waals surface area contributed by atoms with E-state index in [1.807, 2.05) is 91.0 Å². The predicted molar refractivity (Wildman–Crippen MR) is 116 cm³/mol. The van der Waals surface area contributed by atoms with E-state index in [1.54, 1.807) is 0 Å². The fourth-order valence-electron chi connectivity index (χ4n) is 3.64. The van der Waals surface area contributed by atoms with Gasteiger partial charge in [0.25, 0.3) is 0 Å². The molecule has 0 N–H and O–H groups in total. The summed E-state index contributed by atoms with van der Waals surface area (Å²) in [6.45, 7) is 0. The van der Waals surface area contributed by atoms with Gasteiger partial charge in [0.1, 0.15) is 16.8 Å². The molecule has 142 valence electrons. The lowest BCUT2D eigenvalue weighted by atomic mass is 9.87. The van der Waals surface area contributed by atoms with Gasteiger partial charge in [-0.2, -0.15) is 5.26 Å².